The standard InChI is InChI=1S/C31H21FNO2P/c32-36(25-16-8-3-9-17-25)28(22-12-4-1-5-13-22)20-24(21-29(36)23-14-6-2-7-15-23)33-30(34)26-18-10-11-19-27(26)31(33)35/h1-21H. The molecule has 4 aromatic carbocycles. The van der Waals surface area contributed by atoms with Gasteiger partial charge in [0.25, 0.3) is 11.8 Å². The van der Waals surface area contributed by atoms with Gasteiger partial charge in [0.2, 0.25) is 0 Å². The molecule has 0 N–H and O–H groups in total. The first kappa shape index (κ1) is 22.2. The molecule has 36 heavy (non-hydrogen) atoms. The lowest BCUT2D eigenvalue weighted by Crippen LogP contribution is -2.30. The largest absolute Gasteiger partial charge is 0.268 e. The summed E-state index contributed by atoms with van der Waals surface area (Å²) in [4.78, 5) is 27.9. The number of fused-ring (bicyclic) bond motifs is 1. The highest BCUT2D eigenvalue weighted by molar-refractivity contribution is 7.88. The second-order valence-electron chi connectivity index (χ2n) is 8.63. The van der Waals surface area contributed by atoms with Crippen LogP contribution in [0.15, 0.2) is 133 Å². The first-order valence-corrected chi connectivity index (χ1v) is 13.3. The maximum atomic E-state index is 17.9. The molecule has 5 heteroatoms. The van der Waals surface area contributed by atoms with E-state index in [2.05, 4.69) is 0 Å². The van der Waals surface area contributed by atoms with Gasteiger partial charge in [0.05, 0.1) is 16.8 Å². The van der Waals surface area contributed by atoms with Crippen molar-refractivity contribution in [1.29, 1.82) is 0 Å². The monoisotopic (exact) mass is 489 g/mol. The maximum absolute atomic E-state index is 17.9. The highest BCUT2D eigenvalue weighted by Crippen LogP contribution is 2.64. The Kier molecular flexibility index (Phi) is 5.40. The smallest absolute Gasteiger partial charge is 0.266 e. The number of carbonyl (C=O) groups is 2. The molecule has 4 aromatic rings. The van der Waals surface area contributed by atoms with Gasteiger partial charge in [-0.2, -0.15) is 0 Å². The van der Waals surface area contributed by atoms with Crippen molar-refractivity contribution in [1.82, 2.24) is 4.90 Å². The molecule has 1 atom stereocenters. The molecule has 1 unspecified atom stereocenters. The van der Waals surface area contributed by atoms with Crippen molar-refractivity contribution in [3.05, 3.63) is 155 Å². The molecule has 0 aliphatic carbocycles. The molecule has 0 saturated heterocycles. The van der Waals surface area contributed by atoms with Crippen LogP contribution in [0.3, 0.4) is 0 Å². The third kappa shape index (κ3) is 3.42. The summed E-state index contributed by atoms with van der Waals surface area (Å²) in [6, 6.07) is 34.7. The zero-order valence-electron chi connectivity index (χ0n) is 19.2. The lowest BCUT2D eigenvalue weighted by molar-refractivity contribution is 0.0710. The van der Waals surface area contributed by atoms with Crippen molar-refractivity contribution in [3.63, 3.8) is 0 Å². The Morgan fingerprint density at radius 3 is 1.58 bits per heavy atom. The highest BCUT2D eigenvalue weighted by Gasteiger charge is 2.41. The number of imide groups is 1. The Balaban J connectivity index is 1.67. The maximum Gasteiger partial charge on any atom is 0.266 e. The van der Waals surface area contributed by atoms with E-state index in [1.807, 2.05) is 91.0 Å². The fourth-order valence-corrected chi connectivity index (χ4v) is 7.86. The Morgan fingerprint density at radius 2 is 1.03 bits per heavy atom. The van der Waals surface area contributed by atoms with Gasteiger partial charge >= 0.3 is 0 Å². The summed E-state index contributed by atoms with van der Waals surface area (Å²) in [7, 11) is -3.62. The summed E-state index contributed by atoms with van der Waals surface area (Å²) in [5.74, 6) is -0.801. The number of carbonyl (C=O) groups excluding carboxylic acids is 2. The topological polar surface area (TPSA) is 37.4 Å². The van der Waals surface area contributed by atoms with Gasteiger partial charge in [-0.3, -0.25) is 9.59 Å². The van der Waals surface area contributed by atoms with Crippen LogP contribution < -0.4 is 5.30 Å². The van der Waals surface area contributed by atoms with E-state index >= 15 is 4.20 Å². The minimum atomic E-state index is -3.62. The van der Waals surface area contributed by atoms with Gasteiger partial charge in [0.15, 0.2) is 0 Å². The van der Waals surface area contributed by atoms with Crippen molar-refractivity contribution >= 4 is 34.9 Å². The van der Waals surface area contributed by atoms with Gasteiger partial charge < -0.3 is 0 Å². The normalized spacial score (nSPS) is 19.1. The summed E-state index contributed by atoms with van der Waals surface area (Å²) in [5, 5.41) is 1.53. The van der Waals surface area contributed by atoms with Crippen molar-refractivity contribution in [2.24, 2.45) is 0 Å². The molecule has 0 saturated carbocycles. The van der Waals surface area contributed by atoms with Crippen LogP contribution in [-0.4, -0.2) is 22.0 Å². The fraction of sp³-hybridized carbons (Fsp3) is 0. The quantitative estimate of drug-likeness (QED) is 0.237. The van der Waals surface area contributed by atoms with Crippen LogP contribution in [0, 0.1) is 0 Å². The minimum absolute atomic E-state index is 0.356. The Hall–Kier alpha value is -4.27. The van der Waals surface area contributed by atoms with Gasteiger partial charge in [0.1, 0.15) is 7.20 Å². The highest BCUT2D eigenvalue weighted by atomic mass is 31.2. The summed E-state index contributed by atoms with van der Waals surface area (Å²) in [5.41, 5.74) is 2.51. The molecule has 2 aliphatic rings. The molecular weight excluding hydrogens is 468 g/mol. The number of benzene rings is 4. The average Bonchev–Trinajstić information content (AvgIpc) is 3.20. The van der Waals surface area contributed by atoms with Gasteiger partial charge in [-0.05, 0) is 35.4 Å². The molecule has 0 fully saturated rings. The lowest BCUT2D eigenvalue weighted by Gasteiger charge is -2.31. The van der Waals surface area contributed by atoms with Gasteiger partial charge in [-0.15, -0.1) is 0 Å². The molecule has 0 aromatic heterocycles. The van der Waals surface area contributed by atoms with E-state index in [9.17, 15) is 9.59 Å². The third-order valence-electron chi connectivity index (χ3n) is 6.54. The zero-order chi connectivity index (χ0) is 24.7. The van der Waals surface area contributed by atoms with Gasteiger partial charge in [-0.1, -0.05) is 103 Å². The lowest BCUT2D eigenvalue weighted by atomic mass is 10.1. The molecule has 174 valence electrons. The Morgan fingerprint density at radius 1 is 0.556 bits per heavy atom. The molecule has 6 rings (SSSR count). The van der Waals surface area contributed by atoms with Crippen LogP contribution in [0.1, 0.15) is 31.8 Å². The van der Waals surface area contributed by atoms with Crippen LogP contribution >= 0.6 is 7.20 Å². The van der Waals surface area contributed by atoms with Crippen molar-refractivity contribution in [2.45, 2.75) is 0 Å². The molecule has 0 radical (unpaired) electrons. The van der Waals surface area contributed by atoms with Crippen molar-refractivity contribution in [3.8, 4) is 0 Å². The fourth-order valence-electron chi connectivity index (χ4n) is 4.83. The first-order chi connectivity index (χ1) is 17.6. The number of rotatable bonds is 4. The number of hydrogen-bond acceptors (Lipinski definition) is 2. The molecule has 3 nitrogen and oxygen atoms in total. The molecule has 2 aliphatic heterocycles. The average molecular weight is 489 g/mol. The number of hydrogen-bond donors (Lipinski definition) is 0. The summed E-state index contributed by atoms with van der Waals surface area (Å²) >= 11 is 0. The molecule has 2 heterocycles. The van der Waals surface area contributed by atoms with E-state index in [1.54, 1.807) is 36.4 Å². The van der Waals surface area contributed by atoms with Crippen LogP contribution in [0.4, 0.5) is 4.20 Å². The predicted molar refractivity (Wildman–Crippen MR) is 144 cm³/mol. The summed E-state index contributed by atoms with van der Waals surface area (Å²) < 4.78 is 17.9. The van der Waals surface area contributed by atoms with E-state index in [0.29, 0.717) is 43.9 Å². The first-order valence-electron chi connectivity index (χ1n) is 11.6. The van der Waals surface area contributed by atoms with Gasteiger partial charge in [-0.25, -0.2) is 9.10 Å². The Labute approximate surface area is 208 Å². The second-order valence-corrected chi connectivity index (χ2v) is 11.3. The number of allylic oxidation sites excluding steroid dienone is 2. The third-order valence-corrected chi connectivity index (χ3v) is 9.65. The van der Waals surface area contributed by atoms with E-state index in [0.717, 1.165) is 0 Å². The van der Waals surface area contributed by atoms with Gasteiger partial charge in [0, 0.05) is 15.9 Å². The number of amides is 2. The van der Waals surface area contributed by atoms with E-state index in [1.165, 1.54) is 4.90 Å². The van der Waals surface area contributed by atoms with Crippen LogP contribution in [0.5, 0.6) is 0 Å². The zero-order valence-corrected chi connectivity index (χ0v) is 20.1. The van der Waals surface area contributed by atoms with Crippen molar-refractivity contribution in [2.75, 3.05) is 0 Å². The Bertz CT molecular complexity index is 1590. The second kappa shape index (κ2) is 8.75. The van der Waals surface area contributed by atoms with Crippen LogP contribution in [0.2, 0.25) is 0 Å². The van der Waals surface area contributed by atoms with E-state index < -0.39 is 19.0 Å². The molecular formula is C31H21FNO2P. The SMILES string of the molecule is O=C1c2ccccc2C(=O)N1C1=CC(c2ccccc2)=P(F)(c2ccccc2)C(c2ccccc2)=C1. The molecule has 0 spiro atoms. The molecule has 2 amide bonds. The number of nitrogens with zero attached hydrogens (tertiary/aromatic N) is 1. The number of halogens is 1. The summed E-state index contributed by atoms with van der Waals surface area (Å²) in [6.07, 6.45) is 3.37. The van der Waals surface area contributed by atoms with E-state index in [4.69, 9.17) is 0 Å². The predicted octanol–water partition coefficient (Wildman–Crippen LogP) is 6.67. The van der Waals surface area contributed by atoms with Crippen LogP contribution in [0.25, 0.3) is 5.31 Å². The minimum Gasteiger partial charge on any atom is -0.268 e. The van der Waals surface area contributed by atoms with E-state index in [-0.39, 0.29) is 0 Å². The molecule has 0 bridgehead atoms. The summed E-state index contributed by atoms with van der Waals surface area (Å²) in [6.45, 7) is 0. The van der Waals surface area contributed by atoms with Crippen LogP contribution in [-0.2, 0) is 0 Å². The van der Waals surface area contributed by atoms with Crippen molar-refractivity contribution < 1.29 is 13.8 Å².